The highest BCUT2D eigenvalue weighted by molar-refractivity contribution is 6.09. The molecule has 1 aromatic rings. The molecule has 0 atom stereocenters. The molecule has 0 fully saturated rings. The van der Waals surface area contributed by atoms with Gasteiger partial charge in [0.2, 0.25) is 0 Å². The second-order valence-corrected chi connectivity index (χ2v) is 2.86. The van der Waals surface area contributed by atoms with Crippen LogP contribution < -0.4 is 0 Å². The second kappa shape index (κ2) is 4.60. The number of hydrogen-bond donors (Lipinski definition) is 0. The van der Waals surface area contributed by atoms with E-state index >= 15 is 0 Å². The van der Waals surface area contributed by atoms with Gasteiger partial charge in [-0.05, 0) is 12.0 Å². The second-order valence-electron chi connectivity index (χ2n) is 2.86. The van der Waals surface area contributed by atoms with E-state index in [2.05, 4.69) is 23.1 Å². The van der Waals surface area contributed by atoms with Gasteiger partial charge in [-0.1, -0.05) is 13.0 Å². The predicted molar refractivity (Wildman–Crippen MR) is 55.9 cm³/mol. The monoisotopic (exact) mass is 177 g/mol. The number of aromatic nitrogens is 2. The van der Waals surface area contributed by atoms with Gasteiger partial charge >= 0.3 is 0 Å². The fourth-order valence-corrected chi connectivity index (χ4v) is 1.17. The molecule has 0 aromatic carbocycles. The molecule has 0 aliphatic heterocycles. The lowest BCUT2D eigenvalue weighted by molar-refractivity contribution is 0.767. The topological polar surface area (TPSA) is 30.2 Å². The number of allylic oxidation sites excluding steroid dienone is 2. The van der Waals surface area contributed by atoms with Crippen molar-refractivity contribution in [3.63, 3.8) is 0 Å². The van der Waals surface area contributed by atoms with E-state index in [9.17, 15) is 0 Å². The van der Waals surface area contributed by atoms with Gasteiger partial charge in [0.1, 0.15) is 0 Å². The molecule has 3 nitrogen and oxygen atoms in total. The van der Waals surface area contributed by atoms with Crippen LogP contribution in [0.5, 0.6) is 0 Å². The Balaban J connectivity index is 2.95. The smallest absolute Gasteiger partial charge is 0.0568 e. The largest absolute Gasteiger partial charge is 0.296 e. The molecule has 0 aliphatic rings. The molecular weight excluding hydrogens is 162 g/mol. The lowest BCUT2D eigenvalue weighted by Crippen LogP contribution is -1.86. The van der Waals surface area contributed by atoms with Gasteiger partial charge in [0.05, 0.1) is 6.20 Å². The van der Waals surface area contributed by atoms with Crippen LogP contribution in [0, 0.1) is 0 Å². The zero-order valence-electron chi connectivity index (χ0n) is 8.36. The van der Waals surface area contributed by atoms with Gasteiger partial charge in [-0.15, -0.1) is 0 Å². The summed E-state index contributed by atoms with van der Waals surface area (Å²) in [7, 11) is 3.69. The molecule has 0 bridgehead atoms. The van der Waals surface area contributed by atoms with E-state index in [-0.39, 0.29) is 0 Å². The van der Waals surface area contributed by atoms with Crippen LogP contribution in [0.2, 0.25) is 0 Å². The minimum atomic E-state index is 1.01. The van der Waals surface area contributed by atoms with Crippen molar-refractivity contribution in [2.45, 2.75) is 13.3 Å². The van der Waals surface area contributed by atoms with Crippen LogP contribution in [0.3, 0.4) is 0 Å². The summed E-state index contributed by atoms with van der Waals surface area (Å²) >= 11 is 0. The zero-order valence-corrected chi connectivity index (χ0v) is 8.36. The summed E-state index contributed by atoms with van der Waals surface area (Å²) in [5, 5.41) is 4.12. The van der Waals surface area contributed by atoms with Crippen LogP contribution in [0.25, 0.3) is 5.57 Å². The first-order valence-electron chi connectivity index (χ1n) is 4.39. The van der Waals surface area contributed by atoms with Crippen LogP contribution in [0.1, 0.15) is 18.9 Å². The summed E-state index contributed by atoms with van der Waals surface area (Å²) in [5.41, 5.74) is 2.26. The molecular formula is C10H15N3. The first kappa shape index (κ1) is 9.71. The third-order valence-electron chi connectivity index (χ3n) is 1.73. The molecule has 0 saturated heterocycles. The van der Waals surface area contributed by atoms with Crippen molar-refractivity contribution in [1.82, 2.24) is 9.78 Å². The molecule has 0 spiro atoms. The lowest BCUT2D eigenvalue weighted by atomic mass is 10.1. The zero-order chi connectivity index (χ0) is 9.68. The summed E-state index contributed by atoms with van der Waals surface area (Å²) in [5.74, 6) is 0. The molecule has 0 aliphatic carbocycles. The Bertz CT molecular complexity index is 321. The van der Waals surface area contributed by atoms with Crippen molar-refractivity contribution in [2.24, 2.45) is 12.0 Å². The summed E-state index contributed by atoms with van der Waals surface area (Å²) in [6, 6.07) is 0. The molecule has 1 aromatic heterocycles. The van der Waals surface area contributed by atoms with Crippen molar-refractivity contribution in [3.05, 3.63) is 24.0 Å². The molecule has 1 rings (SSSR count). The van der Waals surface area contributed by atoms with Crippen molar-refractivity contribution >= 4 is 11.8 Å². The van der Waals surface area contributed by atoms with Crippen molar-refractivity contribution in [2.75, 3.05) is 7.05 Å². The maximum atomic E-state index is 4.12. The number of aryl methyl sites for hydroxylation is 1. The highest BCUT2D eigenvalue weighted by Crippen LogP contribution is 2.11. The van der Waals surface area contributed by atoms with Gasteiger partial charge in [0.25, 0.3) is 0 Å². The Morgan fingerprint density at radius 1 is 1.69 bits per heavy atom. The Morgan fingerprint density at radius 2 is 2.46 bits per heavy atom. The van der Waals surface area contributed by atoms with Gasteiger partial charge in [0.15, 0.2) is 0 Å². The van der Waals surface area contributed by atoms with Gasteiger partial charge in [-0.3, -0.25) is 9.67 Å². The van der Waals surface area contributed by atoms with Crippen molar-refractivity contribution in [1.29, 1.82) is 0 Å². The molecule has 0 saturated carbocycles. The average molecular weight is 177 g/mol. The van der Waals surface area contributed by atoms with Crippen LogP contribution >= 0.6 is 0 Å². The Morgan fingerprint density at radius 3 is 2.92 bits per heavy atom. The fourth-order valence-electron chi connectivity index (χ4n) is 1.17. The normalized spacial score (nSPS) is 12.7. The molecule has 70 valence electrons. The van der Waals surface area contributed by atoms with E-state index in [0.717, 1.165) is 17.6 Å². The van der Waals surface area contributed by atoms with E-state index in [4.69, 9.17) is 0 Å². The number of rotatable bonds is 3. The van der Waals surface area contributed by atoms with E-state index in [1.54, 1.807) is 11.7 Å². The maximum Gasteiger partial charge on any atom is 0.0568 e. The standard InChI is InChI=1S/C10H15N3/c1-4-5-9(6-11-2)10-7-12-13(3)8-10/h5-8H,4H2,1-3H3/b9-5+,11-6?. The quantitative estimate of drug-likeness (QED) is 0.649. The first-order chi connectivity index (χ1) is 6.27. The van der Waals surface area contributed by atoms with Crippen LogP contribution in [-0.2, 0) is 7.05 Å². The maximum absolute atomic E-state index is 4.12. The van der Waals surface area contributed by atoms with Crippen LogP contribution in [0.15, 0.2) is 23.5 Å². The fraction of sp³-hybridized carbons (Fsp3) is 0.400. The van der Waals surface area contributed by atoms with E-state index in [1.807, 2.05) is 25.7 Å². The Labute approximate surface area is 78.8 Å². The molecule has 0 amide bonds. The average Bonchev–Trinajstić information content (AvgIpc) is 2.51. The van der Waals surface area contributed by atoms with E-state index < -0.39 is 0 Å². The third kappa shape index (κ3) is 2.54. The Hall–Kier alpha value is -1.38. The third-order valence-corrected chi connectivity index (χ3v) is 1.73. The summed E-state index contributed by atoms with van der Waals surface area (Å²) in [4.78, 5) is 4.01. The SMILES string of the molecule is CC/C=C(\C=NC)c1cnn(C)c1. The lowest BCUT2D eigenvalue weighted by Gasteiger charge is -1.95. The summed E-state index contributed by atoms with van der Waals surface area (Å²) < 4.78 is 1.79. The van der Waals surface area contributed by atoms with E-state index in [1.165, 1.54) is 0 Å². The van der Waals surface area contributed by atoms with E-state index in [0.29, 0.717) is 0 Å². The molecule has 0 unspecified atom stereocenters. The number of aliphatic imine (C=N–C) groups is 1. The van der Waals surface area contributed by atoms with Gasteiger partial charge < -0.3 is 0 Å². The highest BCUT2D eigenvalue weighted by atomic mass is 15.2. The molecule has 3 heteroatoms. The van der Waals surface area contributed by atoms with Crippen LogP contribution in [-0.4, -0.2) is 23.0 Å². The molecule has 0 radical (unpaired) electrons. The minimum Gasteiger partial charge on any atom is -0.296 e. The molecule has 1 heterocycles. The first-order valence-corrected chi connectivity index (χ1v) is 4.39. The highest BCUT2D eigenvalue weighted by Gasteiger charge is 1.99. The Kier molecular flexibility index (Phi) is 3.43. The summed E-state index contributed by atoms with van der Waals surface area (Å²) in [6.07, 6.45) is 8.85. The number of nitrogens with zero attached hydrogens (tertiary/aromatic N) is 3. The number of hydrogen-bond acceptors (Lipinski definition) is 2. The minimum absolute atomic E-state index is 1.01. The van der Waals surface area contributed by atoms with Crippen molar-refractivity contribution in [3.8, 4) is 0 Å². The summed E-state index contributed by atoms with van der Waals surface area (Å²) in [6.45, 7) is 2.11. The van der Waals surface area contributed by atoms with Crippen molar-refractivity contribution < 1.29 is 0 Å². The van der Waals surface area contributed by atoms with Crippen LogP contribution in [0.4, 0.5) is 0 Å². The molecule has 13 heavy (non-hydrogen) atoms. The predicted octanol–water partition coefficient (Wildman–Crippen LogP) is 1.91. The van der Waals surface area contributed by atoms with Gasteiger partial charge in [-0.25, -0.2) is 0 Å². The van der Waals surface area contributed by atoms with Gasteiger partial charge in [-0.2, -0.15) is 5.10 Å². The van der Waals surface area contributed by atoms with Gasteiger partial charge in [0, 0.05) is 32.1 Å². The molecule has 0 N–H and O–H groups in total.